The first-order chi connectivity index (χ1) is 17.4. The molecule has 0 N–H and O–H groups in total. The van der Waals surface area contributed by atoms with Crippen LogP contribution in [0.2, 0.25) is 0 Å². The zero-order chi connectivity index (χ0) is 25.5. The lowest BCUT2D eigenvalue weighted by molar-refractivity contribution is -0.118. The minimum Gasteiger partial charge on any atom is -0.305 e. The molecule has 1 fully saturated rings. The first-order valence-corrected chi connectivity index (χ1v) is 12.8. The molecule has 0 radical (unpaired) electrons. The van der Waals surface area contributed by atoms with E-state index < -0.39 is 11.6 Å². The molecule has 1 heterocycles. The first-order valence-electron chi connectivity index (χ1n) is 12.0. The van der Waals surface area contributed by atoms with E-state index >= 15 is 0 Å². The molecular weight excluding hydrogens is 478 g/mol. The number of halogens is 2. The third-order valence-electron chi connectivity index (χ3n) is 6.35. The monoisotopic (exact) mass is 506 g/mol. The molecule has 2 aromatic carbocycles. The van der Waals surface area contributed by atoms with E-state index in [1.54, 1.807) is 22.3 Å². The average Bonchev–Trinajstić information content (AvgIpc) is 2.90. The fourth-order valence-corrected chi connectivity index (χ4v) is 5.35. The molecule has 0 spiro atoms. The molecule has 4 rings (SSSR count). The van der Waals surface area contributed by atoms with E-state index in [9.17, 15) is 13.6 Å². The zero-order valence-corrected chi connectivity index (χ0v) is 21.0. The van der Waals surface area contributed by atoms with E-state index in [1.807, 2.05) is 42.6 Å². The van der Waals surface area contributed by atoms with Crippen molar-refractivity contribution in [2.75, 3.05) is 18.5 Å². The van der Waals surface area contributed by atoms with Crippen molar-refractivity contribution in [3.8, 4) is 6.07 Å². The van der Waals surface area contributed by atoms with Crippen molar-refractivity contribution < 1.29 is 13.6 Å². The van der Waals surface area contributed by atoms with Gasteiger partial charge in [0.15, 0.2) is 11.6 Å². The van der Waals surface area contributed by atoms with Crippen LogP contribution in [0.15, 0.2) is 65.7 Å². The Hall–Kier alpha value is -3.28. The number of rotatable bonds is 8. The highest BCUT2D eigenvalue weighted by atomic mass is 32.2. The highest BCUT2D eigenvalue weighted by Gasteiger charge is 2.21. The second kappa shape index (κ2) is 12.1. The topological polar surface area (TPSA) is 60.2 Å². The van der Waals surface area contributed by atoms with Gasteiger partial charge in [-0.25, -0.2) is 13.1 Å². The van der Waals surface area contributed by atoms with Gasteiger partial charge in [-0.3, -0.25) is 9.78 Å². The maximum Gasteiger partial charge on any atom is 0.242 e. The van der Waals surface area contributed by atoms with Crippen LogP contribution in [-0.4, -0.2) is 28.8 Å². The number of nitrogens with zero attached hydrogens (tertiary/aromatic N) is 4. The molecule has 0 atom stereocenters. The van der Waals surface area contributed by atoms with Crippen LogP contribution in [0.3, 0.4) is 0 Å². The lowest BCUT2D eigenvalue weighted by Crippen LogP contribution is -2.37. The summed E-state index contributed by atoms with van der Waals surface area (Å²) in [5.74, 6) is -1.86. The Bertz CT molecular complexity index is 1220. The molecular formula is C28H28F2N4OS. The highest BCUT2D eigenvalue weighted by molar-refractivity contribution is 7.97. The lowest BCUT2D eigenvalue weighted by Gasteiger charge is -2.26. The quantitative estimate of drug-likeness (QED) is 0.329. The summed E-state index contributed by atoms with van der Waals surface area (Å²) in [6.45, 7) is 0.330. The van der Waals surface area contributed by atoms with Crippen LogP contribution in [0.4, 0.5) is 14.5 Å². The average molecular weight is 507 g/mol. The van der Waals surface area contributed by atoms with E-state index in [-0.39, 0.29) is 18.0 Å². The Balaban J connectivity index is 1.47. The van der Waals surface area contributed by atoms with Gasteiger partial charge in [0.2, 0.25) is 5.91 Å². The van der Waals surface area contributed by atoms with Gasteiger partial charge < -0.3 is 4.90 Å². The summed E-state index contributed by atoms with van der Waals surface area (Å²) in [4.78, 5) is 20.0. The summed E-state index contributed by atoms with van der Waals surface area (Å²) < 4.78 is 29.1. The van der Waals surface area contributed by atoms with Gasteiger partial charge in [0.05, 0.1) is 24.3 Å². The molecule has 0 unspecified atom stereocenters. The van der Waals surface area contributed by atoms with Crippen LogP contribution < -0.4 is 4.90 Å². The third-order valence-corrected chi connectivity index (χ3v) is 7.24. The predicted molar refractivity (Wildman–Crippen MR) is 137 cm³/mol. The van der Waals surface area contributed by atoms with Gasteiger partial charge in [-0.05, 0) is 73.7 Å². The maximum absolute atomic E-state index is 13.8. The SMILES string of the molecule is CN(CC(=O)N(Cc1ccc(C2CCCCC2)cn1)c1ccccc1)Sc1cc(F)c(F)c(C#N)c1. The molecule has 3 aromatic rings. The summed E-state index contributed by atoms with van der Waals surface area (Å²) in [5, 5.41) is 9.03. The van der Waals surface area contributed by atoms with Gasteiger partial charge in [-0.15, -0.1) is 0 Å². The molecule has 1 saturated carbocycles. The number of hydrogen-bond acceptors (Lipinski definition) is 5. The minimum atomic E-state index is -1.17. The fraction of sp³-hybridized carbons (Fsp3) is 0.321. The molecule has 1 aliphatic rings. The van der Waals surface area contributed by atoms with Gasteiger partial charge in [-0.1, -0.05) is 43.5 Å². The summed E-state index contributed by atoms with van der Waals surface area (Å²) >= 11 is 1.07. The van der Waals surface area contributed by atoms with E-state index in [0.29, 0.717) is 17.4 Å². The van der Waals surface area contributed by atoms with Crippen LogP contribution >= 0.6 is 11.9 Å². The van der Waals surface area contributed by atoms with Crippen LogP contribution in [0, 0.1) is 23.0 Å². The van der Waals surface area contributed by atoms with Gasteiger partial charge >= 0.3 is 0 Å². The van der Waals surface area contributed by atoms with Crippen molar-refractivity contribution >= 4 is 23.5 Å². The number of amides is 1. The van der Waals surface area contributed by atoms with E-state index in [0.717, 1.165) is 29.4 Å². The zero-order valence-electron chi connectivity index (χ0n) is 20.2. The maximum atomic E-state index is 13.8. The van der Waals surface area contributed by atoms with E-state index in [1.165, 1.54) is 43.7 Å². The van der Waals surface area contributed by atoms with Gasteiger partial charge in [0.1, 0.15) is 6.07 Å². The number of carbonyl (C=O) groups is 1. The van der Waals surface area contributed by atoms with Crippen LogP contribution in [0.1, 0.15) is 54.8 Å². The van der Waals surface area contributed by atoms with Crippen molar-refractivity contribution in [2.45, 2.75) is 49.5 Å². The number of aromatic nitrogens is 1. The summed E-state index contributed by atoms with van der Waals surface area (Å²) in [7, 11) is 1.69. The Morgan fingerprint density at radius 1 is 1.11 bits per heavy atom. The van der Waals surface area contributed by atoms with Crippen molar-refractivity contribution in [3.05, 3.63) is 89.2 Å². The Morgan fingerprint density at radius 3 is 2.53 bits per heavy atom. The summed E-state index contributed by atoms with van der Waals surface area (Å²) in [6, 6.07) is 17.5. The second-order valence-corrected chi connectivity index (χ2v) is 10.3. The Labute approximate surface area is 214 Å². The molecule has 1 aromatic heterocycles. The van der Waals surface area contributed by atoms with Gasteiger partial charge in [-0.2, -0.15) is 5.26 Å². The molecule has 36 heavy (non-hydrogen) atoms. The number of anilines is 1. The van der Waals surface area contributed by atoms with Crippen molar-refractivity contribution in [1.29, 1.82) is 5.26 Å². The molecule has 1 aliphatic carbocycles. The number of carbonyl (C=O) groups excluding carboxylic acids is 1. The molecule has 5 nitrogen and oxygen atoms in total. The first kappa shape index (κ1) is 25.8. The molecule has 0 bridgehead atoms. The number of hydrogen-bond donors (Lipinski definition) is 0. The lowest BCUT2D eigenvalue weighted by atomic mass is 9.85. The fourth-order valence-electron chi connectivity index (χ4n) is 4.49. The van der Waals surface area contributed by atoms with Crippen LogP contribution in [0.25, 0.3) is 0 Å². The number of benzene rings is 2. The number of nitriles is 1. The molecule has 0 saturated heterocycles. The van der Waals surface area contributed by atoms with Crippen molar-refractivity contribution in [2.24, 2.45) is 0 Å². The number of pyridine rings is 1. The van der Waals surface area contributed by atoms with E-state index in [2.05, 4.69) is 11.1 Å². The molecule has 8 heteroatoms. The minimum absolute atomic E-state index is 0.0145. The smallest absolute Gasteiger partial charge is 0.242 e. The number of para-hydroxylation sites is 1. The number of likely N-dealkylation sites (N-methyl/N-ethyl adjacent to an activating group) is 1. The van der Waals surface area contributed by atoms with Gasteiger partial charge in [0, 0.05) is 16.8 Å². The third kappa shape index (κ3) is 6.48. The molecule has 1 amide bonds. The summed E-state index contributed by atoms with van der Waals surface area (Å²) in [6.07, 6.45) is 8.17. The largest absolute Gasteiger partial charge is 0.305 e. The Kier molecular flexibility index (Phi) is 8.68. The second-order valence-electron chi connectivity index (χ2n) is 8.99. The normalized spacial score (nSPS) is 14.0. The standard InChI is InChI=1S/C28H28F2N4OS/c1-33(36-25-14-22(16-31)28(30)26(29)15-25)19-27(35)34(24-10-6-3-7-11-24)18-23-13-12-21(17-32-23)20-8-4-2-5-9-20/h3,6-7,10-15,17,20H,2,4-5,8-9,18-19H2,1H3. The van der Waals surface area contributed by atoms with Crippen molar-refractivity contribution in [1.82, 2.24) is 9.29 Å². The van der Waals surface area contributed by atoms with E-state index in [4.69, 9.17) is 5.26 Å². The summed E-state index contributed by atoms with van der Waals surface area (Å²) in [5.41, 5.74) is 2.43. The predicted octanol–water partition coefficient (Wildman–Crippen LogP) is 6.45. The van der Waals surface area contributed by atoms with Crippen LogP contribution in [-0.2, 0) is 11.3 Å². The van der Waals surface area contributed by atoms with Crippen LogP contribution in [0.5, 0.6) is 0 Å². The highest BCUT2D eigenvalue weighted by Crippen LogP contribution is 2.32. The molecule has 0 aliphatic heterocycles. The van der Waals surface area contributed by atoms with Crippen molar-refractivity contribution in [3.63, 3.8) is 0 Å². The van der Waals surface area contributed by atoms with Gasteiger partial charge in [0.25, 0.3) is 0 Å². The Morgan fingerprint density at radius 2 is 1.86 bits per heavy atom. The molecule has 186 valence electrons.